The fraction of sp³-hybridized carbons (Fsp3) is 0.500. The van der Waals surface area contributed by atoms with E-state index in [-0.39, 0.29) is 16.3 Å². The molecule has 0 unspecified atom stereocenters. The van der Waals surface area contributed by atoms with E-state index >= 15 is 0 Å². The van der Waals surface area contributed by atoms with Gasteiger partial charge in [-0.2, -0.15) is 10.2 Å². The first kappa shape index (κ1) is 14.7. The lowest BCUT2D eigenvalue weighted by molar-refractivity contribution is -0.385. The van der Waals surface area contributed by atoms with Crippen LogP contribution in [-0.2, 0) is 13.0 Å². The van der Waals surface area contributed by atoms with Crippen LogP contribution in [0.1, 0.15) is 30.4 Å². The summed E-state index contributed by atoms with van der Waals surface area (Å²) in [7, 11) is 0. The van der Waals surface area contributed by atoms with Gasteiger partial charge in [0.15, 0.2) is 5.66 Å². The maximum absolute atomic E-state index is 10.9. The molecule has 2 aliphatic heterocycles. The molecule has 0 saturated heterocycles. The average Bonchev–Trinajstić information content (AvgIpc) is 3.30. The van der Waals surface area contributed by atoms with E-state index in [4.69, 9.17) is 6.42 Å². The van der Waals surface area contributed by atoms with Crippen molar-refractivity contribution < 1.29 is 4.92 Å². The van der Waals surface area contributed by atoms with Crippen LogP contribution in [0.15, 0.2) is 28.4 Å². The van der Waals surface area contributed by atoms with Crippen molar-refractivity contribution in [2.75, 3.05) is 13.1 Å². The number of hydrogen-bond acceptors (Lipinski definition) is 5. The lowest BCUT2D eigenvalue weighted by Gasteiger charge is -2.29. The van der Waals surface area contributed by atoms with Crippen molar-refractivity contribution in [2.45, 2.75) is 37.9 Å². The first-order chi connectivity index (χ1) is 10.6. The van der Waals surface area contributed by atoms with Gasteiger partial charge in [-0.1, -0.05) is 6.07 Å². The van der Waals surface area contributed by atoms with Gasteiger partial charge in [-0.05, 0) is 17.5 Å². The van der Waals surface area contributed by atoms with Gasteiger partial charge >= 0.3 is 0 Å². The molecule has 2 heterocycles. The Morgan fingerprint density at radius 3 is 2.86 bits per heavy atom. The number of non-ortho nitro benzene ring substituents is 1. The molecule has 3 rings (SSSR count). The summed E-state index contributed by atoms with van der Waals surface area (Å²) in [4.78, 5) is 12.9. The highest BCUT2D eigenvalue weighted by atomic mass is 16.6. The van der Waals surface area contributed by atoms with E-state index in [1.807, 2.05) is 6.07 Å². The molecule has 0 spiro atoms. The summed E-state index contributed by atoms with van der Waals surface area (Å²) in [5.74, 6) is 2.63. The first-order valence-corrected chi connectivity index (χ1v) is 7.48. The molecule has 0 aromatic heterocycles. The van der Waals surface area contributed by atoms with Crippen LogP contribution in [-0.4, -0.2) is 28.6 Å². The van der Waals surface area contributed by atoms with Crippen LogP contribution in [0.5, 0.6) is 0 Å². The summed E-state index contributed by atoms with van der Waals surface area (Å²) in [6.07, 6.45) is 8.61. The van der Waals surface area contributed by atoms with Gasteiger partial charge in [-0.15, -0.1) is 12.3 Å². The zero-order chi connectivity index (χ0) is 15.6. The number of nitrogens with zero attached hydrogens (tertiary/aromatic N) is 4. The van der Waals surface area contributed by atoms with E-state index in [1.165, 1.54) is 5.56 Å². The molecule has 0 aliphatic carbocycles. The van der Waals surface area contributed by atoms with Gasteiger partial charge < -0.3 is 0 Å². The standard InChI is InChI=1S/C16H18N4O2/c1-2-3-7-16(17-18-16)8-10-19-9-6-13-4-5-15(20(21)22)11-14(13)12-19/h1,4-5,11H,3,6-10,12H2. The number of nitro benzene ring substituents is 1. The molecular weight excluding hydrogens is 280 g/mol. The Labute approximate surface area is 129 Å². The molecule has 0 fully saturated rings. The Hall–Kier alpha value is -2.26. The third kappa shape index (κ3) is 3.15. The minimum atomic E-state index is -0.337. The van der Waals surface area contributed by atoms with Gasteiger partial charge in [0.25, 0.3) is 5.69 Å². The SMILES string of the molecule is C#CCCC1(CCN2CCc3ccc([N+](=O)[O-])cc3C2)N=N1. The van der Waals surface area contributed by atoms with E-state index in [0.29, 0.717) is 6.42 Å². The Bertz CT molecular complexity index is 657. The zero-order valence-electron chi connectivity index (χ0n) is 12.4. The molecular formula is C16H18N4O2. The molecule has 114 valence electrons. The molecule has 0 radical (unpaired) electrons. The third-order valence-corrected chi connectivity index (χ3v) is 4.37. The van der Waals surface area contributed by atoms with E-state index in [0.717, 1.165) is 44.5 Å². The van der Waals surface area contributed by atoms with Crippen molar-refractivity contribution >= 4 is 5.69 Å². The first-order valence-electron chi connectivity index (χ1n) is 7.48. The second-order valence-electron chi connectivity index (χ2n) is 5.87. The second-order valence-corrected chi connectivity index (χ2v) is 5.87. The predicted molar refractivity (Wildman–Crippen MR) is 82.3 cm³/mol. The smallest absolute Gasteiger partial charge is 0.269 e. The van der Waals surface area contributed by atoms with Crippen LogP contribution in [0.4, 0.5) is 5.69 Å². The maximum Gasteiger partial charge on any atom is 0.269 e. The van der Waals surface area contributed by atoms with Crippen LogP contribution >= 0.6 is 0 Å². The van der Waals surface area contributed by atoms with Crippen LogP contribution in [0.3, 0.4) is 0 Å². The van der Waals surface area contributed by atoms with Crippen molar-refractivity contribution in [3.8, 4) is 12.3 Å². The Kier molecular flexibility index (Phi) is 3.90. The molecule has 2 aliphatic rings. The molecule has 0 N–H and O–H groups in total. The Morgan fingerprint density at radius 2 is 2.18 bits per heavy atom. The summed E-state index contributed by atoms with van der Waals surface area (Å²) in [6, 6.07) is 5.16. The highest BCUT2D eigenvalue weighted by molar-refractivity contribution is 5.41. The number of hydrogen-bond donors (Lipinski definition) is 0. The minimum Gasteiger partial charge on any atom is -0.299 e. The molecule has 0 saturated carbocycles. The Morgan fingerprint density at radius 1 is 1.36 bits per heavy atom. The number of rotatable bonds is 6. The summed E-state index contributed by atoms with van der Waals surface area (Å²) in [6.45, 7) is 2.61. The topological polar surface area (TPSA) is 71.1 Å². The van der Waals surface area contributed by atoms with Gasteiger partial charge in [0.05, 0.1) is 4.92 Å². The number of benzene rings is 1. The van der Waals surface area contributed by atoms with Crippen LogP contribution < -0.4 is 0 Å². The van der Waals surface area contributed by atoms with Gasteiger partial charge in [-0.25, -0.2) is 0 Å². The third-order valence-electron chi connectivity index (χ3n) is 4.37. The lowest BCUT2D eigenvalue weighted by Crippen LogP contribution is -2.33. The van der Waals surface area contributed by atoms with E-state index in [2.05, 4.69) is 21.0 Å². The van der Waals surface area contributed by atoms with Crippen molar-refractivity contribution in [3.05, 3.63) is 39.4 Å². The maximum atomic E-state index is 10.9. The number of fused-ring (bicyclic) bond motifs is 1. The molecule has 6 nitrogen and oxygen atoms in total. The van der Waals surface area contributed by atoms with E-state index < -0.39 is 0 Å². The van der Waals surface area contributed by atoms with Crippen LogP contribution in [0, 0.1) is 22.5 Å². The zero-order valence-corrected chi connectivity index (χ0v) is 12.4. The molecule has 0 amide bonds. The van der Waals surface area contributed by atoms with Crippen molar-refractivity contribution in [3.63, 3.8) is 0 Å². The lowest BCUT2D eigenvalue weighted by atomic mass is 9.98. The summed E-state index contributed by atoms with van der Waals surface area (Å²) in [5, 5.41) is 19.2. The minimum absolute atomic E-state index is 0.165. The monoisotopic (exact) mass is 298 g/mol. The van der Waals surface area contributed by atoms with E-state index in [1.54, 1.807) is 12.1 Å². The predicted octanol–water partition coefficient (Wildman–Crippen LogP) is 2.92. The van der Waals surface area contributed by atoms with Crippen molar-refractivity contribution in [1.29, 1.82) is 0 Å². The summed E-state index contributed by atoms with van der Waals surface area (Å²) in [5.41, 5.74) is 2.18. The highest BCUT2D eigenvalue weighted by Crippen LogP contribution is 2.37. The quantitative estimate of drug-likeness (QED) is 0.460. The normalized spacial score (nSPS) is 18.5. The van der Waals surface area contributed by atoms with Gasteiger partial charge in [-0.3, -0.25) is 15.0 Å². The molecule has 22 heavy (non-hydrogen) atoms. The van der Waals surface area contributed by atoms with Crippen LogP contribution in [0.2, 0.25) is 0 Å². The summed E-state index contributed by atoms with van der Waals surface area (Å²) >= 11 is 0. The average molecular weight is 298 g/mol. The number of terminal acetylenes is 1. The highest BCUT2D eigenvalue weighted by Gasteiger charge is 2.39. The van der Waals surface area contributed by atoms with Gasteiger partial charge in [0, 0.05) is 51.0 Å². The van der Waals surface area contributed by atoms with Crippen molar-refractivity contribution in [1.82, 2.24) is 4.90 Å². The summed E-state index contributed by atoms with van der Waals surface area (Å²) < 4.78 is 0. The second kappa shape index (κ2) is 5.85. The van der Waals surface area contributed by atoms with Crippen molar-refractivity contribution in [2.24, 2.45) is 10.2 Å². The van der Waals surface area contributed by atoms with Crippen LogP contribution in [0.25, 0.3) is 0 Å². The number of nitro groups is 1. The molecule has 1 aromatic rings. The fourth-order valence-electron chi connectivity index (χ4n) is 2.91. The Balaban J connectivity index is 1.59. The fourth-order valence-corrected chi connectivity index (χ4v) is 2.91. The molecule has 0 bridgehead atoms. The van der Waals surface area contributed by atoms with Gasteiger partial charge in [0.2, 0.25) is 0 Å². The molecule has 6 heteroatoms. The molecule has 0 atom stereocenters. The largest absolute Gasteiger partial charge is 0.299 e. The van der Waals surface area contributed by atoms with Gasteiger partial charge in [0.1, 0.15) is 0 Å². The molecule has 1 aromatic carbocycles. The van der Waals surface area contributed by atoms with E-state index in [9.17, 15) is 10.1 Å².